The summed E-state index contributed by atoms with van der Waals surface area (Å²) in [6, 6.07) is 9.26. The van der Waals surface area contributed by atoms with Crippen LogP contribution in [0.3, 0.4) is 0 Å². The van der Waals surface area contributed by atoms with Crippen molar-refractivity contribution in [3.05, 3.63) is 35.9 Å². The molecule has 1 fully saturated rings. The molecular weight excluding hydrogens is 320 g/mol. The zero-order valence-electron chi connectivity index (χ0n) is 15.5. The molecule has 24 heavy (non-hydrogen) atoms. The summed E-state index contributed by atoms with van der Waals surface area (Å²) in [6.07, 6.45) is 2.42. The molecule has 0 bridgehead atoms. The summed E-state index contributed by atoms with van der Waals surface area (Å²) < 4.78 is 0. The fraction of sp³-hybridized carbons (Fsp3) is 0.579. The van der Waals surface area contributed by atoms with Gasteiger partial charge in [0.25, 0.3) is 5.91 Å². The fourth-order valence-electron chi connectivity index (χ4n) is 3.59. The lowest BCUT2D eigenvalue weighted by molar-refractivity contribution is -0.132. The Labute approximate surface area is 149 Å². The first-order valence-electron chi connectivity index (χ1n) is 8.29. The first-order valence-corrected chi connectivity index (χ1v) is 9.69. The standard InChI is InChI=1S/C19H28N2O2S/c1-18(2,3)16-20(5)17(23)19(4,12-13-24-6)21(16)15(22)14-10-8-7-9-11-14/h7-11,16H,12-13H2,1-6H3/t16-,19-/m0/s1. The van der Waals surface area contributed by atoms with Crippen LogP contribution in [-0.2, 0) is 4.79 Å². The molecule has 2 amide bonds. The molecule has 0 aliphatic carbocycles. The van der Waals surface area contributed by atoms with Crippen molar-refractivity contribution in [2.75, 3.05) is 19.1 Å². The molecule has 5 heteroatoms. The SMILES string of the molecule is CSCC[C@@]1(C)C(=O)N(C)[C@H](C(C)(C)C)N1C(=O)c1ccccc1. The summed E-state index contributed by atoms with van der Waals surface area (Å²) in [6.45, 7) is 8.14. The molecule has 0 spiro atoms. The predicted molar refractivity (Wildman–Crippen MR) is 100 cm³/mol. The largest absolute Gasteiger partial charge is 0.323 e. The van der Waals surface area contributed by atoms with Gasteiger partial charge in [-0.1, -0.05) is 39.0 Å². The molecule has 0 saturated carbocycles. The zero-order valence-corrected chi connectivity index (χ0v) is 16.3. The number of carbonyl (C=O) groups is 2. The quantitative estimate of drug-likeness (QED) is 0.836. The van der Waals surface area contributed by atoms with Gasteiger partial charge in [0.1, 0.15) is 11.7 Å². The van der Waals surface area contributed by atoms with E-state index in [-0.39, 0.29) is 23.4 Å². The van der Waals surface area contributed by atoms with Crippen LogP contribution < -0.4 is 0 Å². The van der Waals surface area contributed by atoms with E-state index in [0.717, 1.165) is 5.75 Å². The van der Waals surface area contributed by atoms with E-state index in [0.29, 0.717) is 12.0 Å². The monoisotopic (exact) mass is 348 g/mol. The van der Waals surface area contributed by atoms with Crippen LogP contribution in [0.5, 0.6) is 0 Å². The van der Waals surface area contributed by atoms with Gasteiger partial charge in [-0.25, -0.2) is 0 Å². The van der Waals surface area contributed by atoms with Crippen molar-refractivity contribution < 1.29 is 9.59 Å². The molecule has 1 aromatic carbocycles. The molecule has 2 rings (SSSR count). The summed E-state index contributed by atoms with van der Waals surface area (Å²) in [5, 5.41) is 0. The van der Waals surface area contributed by atoms with Crippen LogP contribution in [0.25, 0.3) is 0 Å². The number of hydrogen-bond donors (Lipinski definition) is 0. The molecule has 1 aliphatic heterocycles. The van der Waals surface area contributed by atoms with Gasteiger partial charge in [0.15, 0.2) is 0 Å². The van der Waals surface area contributed by atoms with Crippen molar-refractivity contribution in [1.29, 1.82) is 0 Å². The van der Waals surface area contributed by atoms with Gasteiger partial charge in [-0.05, 0) is 37.5 Å². The normalized spacial score (nSPS) is 24.6. The van der Waals surface area contributed by atoms with E-state index in [9.17, 15) is 9.59 Å². The number of hydrogen-bond acceptors (Lipinski definition) is 3. The highest BCUT2D eigenvalue weighted by Gasteiger charge is 2.57. The second-order valence-electron chi connectivity index (χ2n) is 7.71. The Morgan fingerprint density at radius 3 is 2.33 bits per heavy atom. The summed E-state index contributed by atoms with van der Waals surface area (Å²) in [5.74, 6) is 0.795. The van der Waals surface area contributed by atoms with E-state index < -0.39 is 5.54 Å². The van der Waals surface area contributed by atoms with Gasteiger partial charge in [-0.15, -0.1) is 0 Å². The van der Waals surface area contributed by atoms with Crippen molar-refractivity contribution in [2.24, 2.45) is 5.41 Å². The maximum Gasteiger partial charge on any atom is 0.256 e. The molecule has 1 heterocycles. The van der Waals surface area contributed by atoms with Gasteiger partial charge in [-0.3, -0.25) is 9.59 Å². The van der Waals surface area contributed by atoms with Crippen LogP contribution in [0.2, 0.25) is 0 Å². The average molecular weight is 349 g/mol. The van der Waals surface area contributed by atoms with E-state index in [2.05, 4.69) is 20.8 Å². The number of carbonyl (C=O) groups excluding carboxylic acids is 2. The summed E-state index contributed by atoms with van der Waals surface area (Å²) in [4.78, 5) is 29.9. The minimum Gasteiger partial charge on any atom is -0.323 e. The van der Waals surface area contributed by atoms with E-state index in [1.54, 1.807) is 16.7 Å². The topological polar surface area (TPSA) is 40.6 Å². The third-order valence-corrected chi connectivity index (χ3v) is 5.34. The average Bonchev–Trinajstić information content (AvgIpc) is 2.74. The Morgan fingerprint density at radius 1 is 1.25 bits per heavy atom. The van der Waals surface area contributed by atoms with Gasteiger partial charge >= 0.3 is 0 Å². The van der Waals surface area contributed by atoms with Gasteiger partial charge in [0.2, 0.25) is 5.91 Å². The Balaban J connectivity index is 2.53. The number of nitrogens with zero attached hydrogens (tertiary/aromatic N) is 2. The van der Waals surface area contributed by atoms with E-state index in [4.69, 9.17) is 0 Å². The molecular formula is C19H28N2O2S. The molecule has 4 nitrogen and oxygen atoms in total. The molecule has 132 valence electrons. The Kier molecular flexibility index (Phi) is 5.33. The van der Waals surface area contributed by atoms with Crippen molar-refractivity contribution >= 4 is 23.6 Å². The highest BCUT2D eigenvalue weighted by molar-refractivity contribution is 7.98. The van der Waals surface area contributed by atoms with Gasteiger partial charge in [0.05, 0.1) is 0 Å². The number of amides is 2. The van der Waals surface area contributed by atoms with Crippen molar-refractivity contribution in [3.63, 3.8) is 0 Å². The first kappa shape index (κ1) is 18.8. The molecule has 2 atom stereocenters. The second-order valence-corrected chi connectivity index (χ2v) is 8.70. The smallest absolute Gasteiger partial charge is 0.256 e. The van der Waals surface area contributed by atoms with E-state index in [1.807, 2.05) is 55.5 Å². The maximum atomic E-state index is 13.3. The van der Waals surface area contributed by atoms with Gasteiger partial charge in [0, 0.05) is 18.0 Å². The Bertz CT molecular complexity index is 612. The summed E-state index contributed by atoms with van der Waals surface area (Å²) >= 11 is 1.70. The Morgan fingerprint density at radius 2 is 1.83 bits per heavy atom. The fourth-order valence-corrected chi connectivity index (χ4v) is 4.19. The highest BCUT2D eigenvalue weighted by Crippen LogP contribution is 2.42. The molecule has 1 aliphatic rings. The van der Waals surface area contributed by atoms with Crippen molar-refractivity contribution in [3.8, 4) is 0 Å². The lowest BCUT2D eigenvalue weighted by Crippen LogP contribution is -2.55. The van der Waals surface area contributed by atoms with Crippen LogP contribution >= 0.6 is 11.8 Å². The maximum absolute atomic E-state index is 13.3. The Hall–Kier alpha value is -1.49. The number of rotatable bonds is 4. The van der Waals surface area contributed by atoms with Crippen LogP contribution in [0.4, 0.5) is 0 Å². The van der Waals surface area contributed by atoms with Crippen LogP contribution in [-0.4, -0.2) is 52.4 Å². The van der Waals surface area contributed by atoms with Crippen molar-refractivity contribution in [2.45, 2.75) is 45.8 Å². The lowest BCUT2D eigenvalue weighted by Gasteiger charge is -2.41. The minimum absolute atomic E-state index is 0.0285. The summed E-state index contributed by atoms with van der Waals surface area (Å²) in [7, 11) is 1.81. The van der Waals surface area contributed by atoms with Crippen LogP contribution in [0.1, 0.15) is 44.5 Å². The highest BCUT2D eigenvalue weighted by atomic mass is 32.2. The third-order valence-electron chi connectivity index (χ3n) is 4.73. The minimum atomic E-state index is -0.803. The van der Waals surface area contributed by atoms with E-state index in [1.165, 1.54) is 0 Å². The lowest BCUT2D eigenvalue weighted by atomic mass is 9.89. The number of benzene rings is 1. The van der Waals surface area contributed by atoms with Gasteiger partial charge < -0.3 is 9.80 Å². The summed E-state index contributed by atoms with van der Waals surface area (Å²) in [5.41, 5.74) is -0.403. The number of likely N-dealkylation sites (N-methyl/N-ethyl adjacent to an activating group) is 1. The molecule has 1 saturated heterocycles. The number of thioether (sulfide) groups is 1. The molecule has 0 unspecified atom stereocenters. The third kappa shape index (κ3) is 3.18. The first-order chi connectivity index (χ1) is 11.1. The predicted octanol–water partition coefficient (Wildman–Crippen LogP) is 3.48. The molecule has 1 aromatic rings. The molecule has 0 N–H and O–H groups in total. The zero-order chi connectivity index (χ0) is 18.1. The van der Waals surface area contributed by atoms with Gasteiger partial charge in [-0.2, -0.15) is 11.8 Å². The van der Waals surface area contributed by atoms with E-state index >= 15 is 0 Å². The van der Waals surface area contributed by atoms with Crippen molar-refractivity contribution in [1.82, 2.24) is 9.80 Å². The van der Waals surface area contributed by atoms with Crippen LogP contribution in [0, 0.1) is 5.41 Å². The second kappa shape index (κ2) is 6.79. The molecule has 0 aromatic heterocycles. The van der Waals surface area contributed by atoms with Crippen LogP contribution in [0.15, 0.2) is 30.3 Å². The molecule has 0 radical (unpaired) electrons.